The predicted octanol–water partition coefficient (Wildman–Crippen LogP) is 18.0. The van der Waals surface area contributed by atoms with E-state index in [-0.39, 0.29) is 0 Å². The molecule has 0 aliphatic rings. The summed E-state index contributed by atoms with van der Waals surface area (Å²) >= 11 is 0. The summed E-state index contributed by atoms with van der Waals surface area (Å²) in [5, 5.41) is 14.6. The van der Waals surface area contributed by atoms with E-state index >= 15 is 0 Å². The van der Waals surface area contributed by atoms with Crippen molar-refractivity contribution in [3.63, 3.8) is 0 Å². The molecule has 0 radical (unpaired) electrons. The van der Waals surface area contributed by atoms with Gasteiger partial charge in [0.15, 0.2) is 0 Å². The molecule has 316 valence electrons. The van der Waals surface area contributed by atoms with Gasteiger partial charge in [0.05, 0.1) is 33.8 Å². The van der Waals surface area contributed by atoms with Crippen molar-refractivity contribution in [3.8, 4) is 56.1 Å². The van der Waals surface area contributed by atoms with Crippen molar-refractivity contribution in [1.29, 1.82) is 0 Å². The summed E-state index contributed by atoms with van der Waals surface area (Å²) in [7, 11) is 0. The highest BCUT2D eigenvalue weighted by atomic mass is 15.0. The zero-order valence-corrected chi connectivity index (χ0v) is 37.1. The molecule has 14 rings (SSSR count). The van der Waals surface area contributed by atoms with Crippen LogP contribution >= 0.6 is 0 Å². The lowest BCUT2D eigenvalue weighted by atomic mass is 9.95. The summed E-state index contributed by atoms with van der Waals surface area (Å²) in [4.78, 5) is 0. The zero-order chi connectivity index (χ0) is 44.7. The Morgan fingerprint density at radius 2 is 0.500 bits per heavy atom. The normalized spacial score (nSPS) is 11.8. The quantitative estimate of drug-likeness (QED) is 0.147. The molecule has 12 aromatic carbocycles. The number of benzene rings is 12. The highest BCUT2D eigenvalue weighted by Gasteiger charge is 2.28. The first-order valence-electron chi connectivity index (χ1n) is 23.5. The van der Waals surface area contributed by atoms with E-state index in [1.807, 2.05) is 0 Å². The van der Waals surface area contributed by atoms with Crippen LogP contribution in [0.2, 0.25) is 0 Å². The molecule has 2 heterocycles. The summed E-state index contributed by atoms with van der Waals surface area (Å²) < 4.78 is 5.20. The van der Waals surface area contributed by atoms with Crippen LogP contribution in [-0.2, 0) is 0 Å². The van der Waals surface area contributed by atoms with E-state index in [0.29, 0.717) is 0 Å². The molecule has 0 aliphatic carbocycles. The van der Waals surface area contributed by atoms with Gasteiger partial charge >= 0.3 is 0 Å². The van der Waals surface area contributed by atoms with Crippen LogP contribution in [-0.4, -0.2) is 9.13 Å². The molecule has 0 bridgehead atoms. The molecule has 0 saturated carbocycles. The second-order valence-corrected chi connectivity index (χ2v) is 17.9. The van der Waals surface area contributed by atoms with Crippen molar-refractivity contribution in [2.75, 3.05) is 0 Å². The molecule has 0 spiro atoms. The first-order chi connectivity index (χ1) is 33.8. The molecule has 2 heteroatoms. The fourth-order valence-electron chi connectivity index (χ4n) is 11.4. The van der Waals surface area contributed by atoms with E-state index in [0.717, 1.165) is 22.5 Å². The van der Waals surface area contributed by atoms with Crippen LogP contribution in [0.4, 0.5) is 0 Å². The second kappa shape index (κ2) is 15.3. The predicted molar refractivity (Wildman–Crippen MR) is 289 cm³/mol. The van der Waals surface area contributed by atoms with E-state index in [2.05, 4.69) is 264 Å². The van der Waals surface area contributed by atoms with E-state index < -0.39 is 0 Å². The Labute approximate surface area is 393 Å². The SMILES string of the molecule is c1ccc(-c2c(-c3ccccc3)n(-c3cc4ccccc4c4ccccc34)c3c2ccc2c3ccc3c(-c4ccccc4)c(-c4ccccc4)n(-c4cc5ccccc5c5ccccc45)c32)cc1. The summed E-state index contributed by atoms with van der Waals surface area (Å²) in [6.07, 6.45) is 0. The van der Waals surface area contributed by atoms with E-state index in [9.17, 15) is 0 Å². The van der Waals surface area contributed by atoms with Crippen molar-refractivity contribution < 1.29 is 0 Å². The number of rotatable bonds is 6. The average Bonchev–Trinajstić information content (AvgIpc) is 3.96. The molecule has 0 fully saturated rings. The van der Waals surface area contributed by atoms with Crippen molar-refractivity contribution in [3.05, 3.63) is 255 Å². The van der Waals surface area contributed by atoms with Crippen molar-refractivity contribution in [2.24, 2.45) is 0 Å². The van der Waals surface area contributed by atoms with Gasteiger partial charge < -0.3 is 9.13 Å². The smallest absolute Gasteiger partial charge is 0.0620 e. The molecule has 68 heavy (non-hydrogen) atoms. The lowest BCUT2D eigenvalue weighted by Crippen LogP contribution is -2.01. The lowest BCUT2D eigenvalue weighted by molar-refractivity contribution is 1.15. The van der Waals surface area contributed by atoms with Gasteiger partial charge in [-0.3, -0.25) is 0 Å². The molecule has 0 unspecified atom stereocenters. The standard InChI is InChI=1S/C66H42N2/c1-5-21-43(22-6-1)61-57-39-37-56-55(65(57)67(63(61)45-25-9-3-10-26-45)59-41-47-29-13-15-31-49(47)51-33-17-19-35-53(51)59)38-40-58-62(44-23-7-2-8-24-44)64(46-27-11-4-12-28-46)68(66(56)58)60-42-48-30-14-16-32-50(48)52-34-18-20-36-54(52)60/h1-42H. The van der Waals surface area contributed by atoms with E-state index in [1.165, 1.54) is 109 Å². The van der Waals surface area contributed by atoms with E-state index in [4.69, 9.17) is 0 Å². The van der Waals surface area contributed by atoms with Gasteiger partial charge in [0.2, 0.25) is 0 Å². The summed E-state index contributed by atoms with van der Waals surface area (Å²) in [5.41, 5.74) is 14.2. The minimum Gasteiger partial charge on any atom is -0.307 e. The third-order valence-corrected chi connectivity index (χ3v) is 14.2. The number of aromatic nitrogens is 2. The molecule has 2 aromatic heterocycles. The Hall–Kier alpha value is -8.98. The van der Waals surface area contributed by atoms with E-state index in [1.54, 1.807) is 0 Å². The van der Waals surface area contributed by atoms with Gasteiger partial charge in [0.25, 0.3) is 0 Å². The second-order valence-electron chi connectivity index (χ2n) is 17.9. The van der Waals surface area contributed by atoms with Crippen LogP contribution in [0.3, 0.4) is 0 Å². The summed E-state index contributed by atoms with van der Waals surface area (Å²) in [6, 6.07) is 94.0. The molecular formula is C66H42N2. The highest BCUT2D eigenvalue weighted by molar-refractivity contribution is 6.25. The van der Waals surface area contributed by atoms with Gasteiger partial charge in [-0.05, 0) is 66.7 Å². The van der Waals surface area contributed by atoms with Crippen LogP contribution in [0.1, 0.15) is 0 Å². The Kier molecular flexibility index (Phi) is 8.62. The van der Waals surface area contributed by atoms with Gasteiger partial charge in [-0.25, -0.2) is 0 Å². The third-order valence-electron chi connectivity index (χ3n) is 14.2. The third kappa shape index (κ3) is 5.71. The van der Waals surface area contributed by atoms with Crippen molar-refractivity contribution in [1.82, 2.24) is 9.13 Å². The lowest BCUT2D eigenvalue weighted by Gasteiger charge is -2.19. The van der Waals surface area contributed by atoms with Gasteiger partial charge in [0, 0.05) is 43.4 Å². The maximum Gasteiger partial charge on any atom is 0.0620 e. The molecular weight excluding hydrogens is 821 g/mol. The van der Waals surface area contributed by atoms with Gasteiger partial charge in [-0.2, -0.15) is 0 Å². The first-order valence-corrected chi connectivity index (χ1v) is 23.5. The number of hydrogen-bond donors (Lipinski definition) is 0. The molecule has 0 saturated heterocycles. The van der Waals surface area contributed by atoms with Gasteiger partial charge in [-0.15, -0.1) is 0 Å². The summed E-state index contributed by atoms with van der Waals surface area (Å²) in [5.74, 6) is 0. The monoisotopic (exact) mass is 862 g/mol. The van der Waals surface area contributed by atoms with Gasteiger partial charge in [-0.1, -0.05) is 243 Å². The molecule has 14 aromatic rings. The maximum absolute atomic E-state index is 2.60. The van der Waals surface area contributed by atoms with Crippen LogP contribution < -0.4 is 0 Å². The molecule has 0 aliphatic heterocycles. The number of hydrogen-bond acceptors (Lipinski definition) is 0. The minimum absolute atomic E-state index is 1.16. The fourth-order valence-corrected chi connectivity index (χ4v) is 11.4. The topological polar surface area (TPSA) is 9.86 Å². The molecule has 2 nitrogen and oxygen atoms in total. The maximum atomic E-state index is 2.60. The van der Waals surface area contributed by atoms with Crippen LogP contribution in [0.15, 0.2) is 255 Å². The molecule has 0 N–H and O–H groups in total. The first kappa shape index (κ1) is 38.3. The van der Waals surface area contributed by atoms with Crippen molar-refractivity contribution >= 4 is 75.7 Å². The minimum atomic E-state index is 1.16. The molecule has 0 amide bonds. The van der Waals surface area contributed by atoms with Gasteiger partial charge in [0.1, 0.15) is 0 Å². The Balaban J connectivity index is 1.24. The Morgan fingerprint density at radius 1 is 0.206 bits per heavy atom. The van der Waals surface area contributed by atoms with Crippen molar-refractivity contribution in [2.45, 2.75) is 0 Å². The highest BCUT2D eigenvalue weighted by Crippen LogP contribution is 2.51. The largest absolute Gasteiger partial charge is 0.307 e. The van der Waals surface area contributed by atoms with Crippen LogP contribution in [0, 0.1) is 0 Å². The molecule has 0 atom stereocenters. The Bertz CT molecular complexity index is 4000. The number of fused-ring (bicyclic) bond motifs is 11. The van der Waals surface area contributed by atoms with Crippen LogP contribution in [0.25, 0.3) is 132 Å². The summed E-state index contributed by atoms with van der Waals surface area (Å²) in [6.45, 7) is 0. The number of nitrogens with zero attached hydrogens (tertiary/aromatic N) is 2. The zero-order valence-electron chi connectivity index (χ0n) is 37.1. The Morgan fingerprint density at radius 3 is 0.882 bits per heavy atom. The average molecular weight is 863 g/mol. The fraction of sp³-hybridized carbons (Fsp3) is 0. The van der Waals surface area contributed by atoms with Crippen LogP contribution in [0.5, 0.6) is 0 Å².